The zero-order chi connectivity index (χ0) is 7.14. The molecule has 0 spiro atoms. The third-order valence-corrected chi connectivity index (χ3v) is 3.05. The van der Waals surface area contributed by atoms with Gasteiger partial charge in [-0.25, -0.2) is 0 Å². The van der Waals surface area contributed by atoms with Crippen LogP contribution in [0, 0.1) is 11.8 Å². The van der Waals surface area contributed by atoms with E-state index >= 15 is 0 Å². The molecule has 1 heteroatoms. The fraction of sp³-hybridized carbons (Fsp3) is 1.00. The third-order valence-electron chi connectivity index (χ3n) is 3.05. The fourth-order valence-electron chi connectivity index (χ4n) is 2.33. The van der Waals surface area contributed by atoms with Crippen molar-refractivity contribution in [3.05, 3.63) is 0 Å². The van der Waals surface area contributed by atoms with Crippen LogP contribution in [0.2, 0.25) is 0 Å². The topological polar surface area (TPSA) is 3.24 Å². The zero-order valence-electron chi connectivity index (χ0n) is 7.01. The zero-order valence-corrected chi connectivity index (χ0v) is 7.01. The summed E-state index contributed by atoms with van der Waals surface area (Å²) in [6.45, 7) is 7.39. The molecule has 0 amide bonds. The average molecular weight is 139 g/mol. The van der Waals surface area contributed by atoms with Gasteiger partial charge in [0.05, 0.1) is 0 Å². The van der Waals surface area contributed by atoms with E-state index in [1.54, 1.807) is 0 Å². The molecule has 2 aliphatic heterocycles. The van der Waals surface area contributed by atoms with E-state index in [1.807, 2.05) is 0 Å². The first-order chi connectivity index (χ1) is 4.75. The Morgan fingerprint density at radius 2 is 1.60 bits per heavy atom. The van der Waals surface area contributed by atoms with Crippen LogP contribution in [-0.4, -0.2) is 24.0 Å². The van der Waals surface area contributed by atoms with Crippen LogP contribution in [-0.2, 0) is 0 Å². The van der Waals surface area contributed by atoms with Crippen molar-refractivity contribution in [2.45, 2.75) is 32.7 Å². The summed E-state index contributed by atoms with van der Waals surface area (Å²) >= 11 is 0. The molecule has 0 aromatic carbocycles. The maximum absolute atomic E-state index is 2.63. The molecule has 3 fully saturated rings. The highest BCUT2D eigenvalue weighted by Gasteiger charge is 2.37. The first-order valence-electron chi connectivity index (χ1n) is 4.49. The molecule has 1 aliphatic carbocycles. The minimum atomic E-state index is 0.783. The molecule has 1 saturated carbocycles. The van der Waals surface area contributed by atoms with Crippen LogP contribution in [0.3, 0.4) is 0 Å². The van der Waals surface area contributed by atoms with Crippen molar-refractivity contribution in [2.75, 3.05) is 13.1 Å². The molecule has 0 aromatic rings. The third kappa shape index (κ3) is 0.968. The van der Waals surface area contributed by atoms with E-state index in [0.29, 0.717) is 0 Å². The first-order valence-corrected chi connectivity index (χ1v) is 4.49. The van der Waals surface area contributed by atoms with Crippen molar-refractivity contribution in [3.63, 3.8) is 0 Å². The largest absolute Gasteiger partial charge is 0.300 e. The van der Waals surface area contributed by atoms with Crippen molar-refractivity contribution >= 4 is 0 Å². The maximum atomic E-state index is 2.63. The second-order valence-corrected chi connectivity index (χ2v) is 4.25. The monoisotopic (exact) mass is 139 g/mol. The number of hydrogen-bond acceptors (Lipinski definition) is 1. The molecule has 0 radical (unpaired) electrons. The minimum Gasteiger partial charge on any atom is -0.300 e. The summed E-state index contributed by atoms with van der Waals surface area (Å²) in [7, 11) is 0. The Balaban J connectivity index is 1.91. The second kappa shape index (κ2) is 2.23. The van der Waals surface area contributed by atoms with Gasteiger partial charge in [-0.1, -0.05) is 0 Å². The quantitative estimate of drug-likeness (QED) is 0.535. The molecule has 2 heterocycles. The summed E-state index contributed by atoms with van der Waals surface area (Å²) in [6, 6.07) is 0.783. The van der Waals surface area contributed by atoms with E-state index < -0.39 is 0 Å². The second-order valence-electron chi connectivity index (χ2n) is 4.25. The Morgan fingerprint density at radius 1 is 1.10 bits per heavy atom. The Bertz CT molecular complexity index is 115. The lowest BCUT2D eigenvalue weighted by Gasteiger charge is -2.48. The van der Waals surface area contributed by atoms with Gasteiger partial charge in [-0.3, -0.25) is 0 Å². The molecule has 1 nitrogen and oxygen atoms in total. The molecule has 10 heavy (non-hydrogen) atoms. The highest BCUT2D eigenvalue weighted by Crippen LogP contribution is 2.39. The van der Waals surface area contributed by atoms with Crippen molar-refractivity contribution < 1.29 is 0 Å². The van der Waals surface area contributed by atoms with Gasteiger partial charge in [0.25, 0.3) is 0 Å². The van der Waals surface area contributed by atoms with E-state index in [1.165, 1.54) is 25.9 Å². The molecule has 3 rings (SSSR count). The summed E-state index contributed by atoms with van der Waals surface area (Å²) in [5.41, 5.74) is 0. The number of piperidine rings is 2. The first kappa shape index (κ1) is 6.66. The molecule has 0 unspecified atom stereocenters. The summed E-state index contributed by atoms with van der Waals surface area (Å²) in [6.07, 6.45) is 3.06. The molecule has 0 atom stereocenters. The normalized spacial score (nSPS) is 39.9. The van der Waals surface area contributed by atoms with Gasteiger partial charge in [0.1, 0.15) is 0 Å². The molecule has 2 bridgehead atoms. The van der Waals surface area contributed by atoms with Gasteiger partial charge in [0, 0.05) is 19.1 Å². The van der Waals surface area contributed by atoms with E-state index in [0.717, 1.165) is 17.9 Å². The van der Waals surface area contributed by atoms with Crippen molar-refractivity contribution in [1.82, 2.24) is 4.90 Å². The van der Waals surface area contributed by atoms with Crippen LogP contribution in [0.25, 0.3) is 0 Å². The van der Waals surface area contributed by atoms with Gasteiger partial charge in [-0.05, 0) is 38.5 Å². The van der Waals surface area contributed by atoms with Crippen molar-refractivity contribution in [2.24, 2.45) is 11.8 Å². The van der Waals surface area contributed by atoms with Crippen LogP contribution in [0.15, 0.2) is 0 Å². The van der Waals surface area contributed by atoms with E-state index in [9.17, 15) is 0 Å². The average Bonchev–Trinajstić information content (AvgIpc) is 1.86. The number of hydrogen-bond donors (Lipinski definition) is 0. The van der Waals surface area contributed by atoms with Crippen molar-refractivity contribution in [1.29, 1.82) is 0 Å². The number of fused-ring (bicyclic) bond motifs is 2. The lowest BCUT2D eigenvalue weighted by Crippen LogP contribution is -2.50. The standard InChI is InChI=1S/C9H17N/c1-7(2)10-5-8-3-9(4-8)6-10/h7-9H,3-6H2,1-2H3/t8-,9+. The predicted octanol–water partition coefficient (Wildman–Crippen LogP) is 1.74. The van der Waals surface area contributed by atoms with Crippen LogP contribution in [0.4, 0.5) is 0 Å². The van der Waals surface area contributed by atoms with Crippen LogP contribution in [0.1, 0.15) is 26.7 Å². The Kier molecular flexibility index (Phi) is 1.48. The summed E-state index contributed by atoms with van der Waals surface area (Å²) in [5.74, 6) is 2.14. The predicted molar refractivity (Wildman–Crippen MR) is 42.9 cm³/mol. The van der Waals surface area contributed by atoms with E-state index in [2.05, 4.69) is 18.7 Å². The van der Waals surface area contributed by atoms with Gasteiger partial charge < -0.3 is 4.90 Å². The Morgan fingerprint density at radius 3 is 1.90 bits per heavy atom. The SMILES string of the molecule is CC(C)N1C[C@H]2C[C@@H](C1)C2. The molecule has 3 aliphatic rings. The van der Waals surface area contributed by atoms with Crippen LogP contribution < -0.4 is 0 Å². The van der Waals surface area contributed by atoms with Gasteiger partial charge in [0.2, 0.25) is 0 Å². The van der Waals surface area contributed by atoms with Gasteiger partial charge >= 0.3 is 0 Å². The summed E-state index contributed by atoms with van der Waals surface area (Å²) in [5, 5.41) is 0. The van der Waals surface area contributed by atoms with E-state index in [4.69, 9.17) is 0 Å². The molecular formula is C9H17N. The number of rotatable bonds is 1. The smallest absolute Gasteiger partial charge is 0.00388 e. The summed E-state index contributed by atoms with van der Waals surface area (Å²) < 4.78 is 0. The van der Waals surface area contributed by atoms with Crippen molar-refractivity contribution in [3.8, 4) is 0 Å². The number of nitrogens with zero attached hydrogens (tertiary/aromatic N) is 1. The molecular weight excluding hydrogens is 122 g/mol. The fourth-order valence-corrected chi connectivity index (χ4v) is 2.33. The molecule has 58 valence electrons. The summed E-state index contributed by atoms with van der Waals surface area (Å²) in [4.78, 5) is 2.63. The van der Waals surface area contributed by atoms with Crippen LogP contribution >= 0.6 is 0 Å². The van der Waals surface area contributed by atoms with Gasteiger partial charge in [0.15, 0.2) is 0 Å². The lowest BCUT2D eigenvalue weighted by atomic mass is 9.71. The van der Waals surface area contributed by atoms with Crippen LogP contribution in [0.5, 0.6) is 0 Å². The lowest BCUT2D eigenvalue weighted by molar-refractivity contribution is 0.00980. The molecule has 2 saturated heterocycles. The highest BCUT2D eigenvalue weighted by atomic mass is 15.2. The van der Waals surface area contributed by atoms with E-state index in [-0.39, 0.29) is 0 Å². The maximum Gasteiger partial charge on any atom is 0.00388 e. The highest BCUT2D eigenvalue weighted by molar-refractivity contribution is 4.90. The Hall–Kier alpha value is -0.0400. The molecule has 0 N–H and O–H groups in total. The van der Waals surface area contributed by atoms with Gasteiger partial charge in [-0.15, -0.1) is 0 Å². The Labute approximate surface area is 63.4 Å². The minimum absolute atomic E-state index is 0.783. The van der Waals surface area contributed by atoms with Gasteiger partial charge in [-0.2, -0.15) is 0 Å². The molecule has 0 aromatic heterocycles.